The molecule has 0 aliphatic rings. The highest BCUT2D eigenvalue weighted by molar-refractivity contribution is 7.81. The van der Waals surface area contributed by atoms with E-state index in [1.54, 1.807) is 12.1 Å². The SMILES string of the molecule is N#Cc1ccc(NC(=O)O[C@H](CCCOC(=O)CS)c2ccc(O)c(F)c2)cc1. The summed E-state index contributed by atoms with van der Waals surface area (Å²) in [6, 6.07) is 11.8. The Morgan fingerprint density at radius 3 is 2.59 bits per heavy atom. The summed E-state index contributed by atoms with van der Waals surface area (Å²) in [7, 11) is 0. The van der Waals surface area contributed by atoms with Crippen LogP contribution in [-0.2, 0) is 14.3 Å². The van der Waals surface area contributed by atoms with E-state index in [4.69, 9.17) is 14.7 Å². The van der Waals surface area contributed by atoms with Crippen molar-refractivity contribution in [1.82, 2.24) is 0 Å². The number of thiol groups is 1. The van der Waals surface area contributed by atoms with Gasteiger partial charge in [0.05, 0.1) is 24.0 Å². The van der Waals surface area contributed by atoms with Gasteiger partial charge in [-0.25, -0.2) is 9.18 Å². The number of phenolic OH excluding ortho intramolecular Hbond substituents is 1. The molecule has 2 aromatic carbocycles. The highest BCUT2D eigenvalue weighted by Gasteiger charge is 2.19. The summed E-state index contributed by atoms with van der Waals surface area (Å²) in [6.45, 7) is 0.0943. The highest BCUT2D eigenvalue weighted by atomic mass is 32.1. The maximum absolute atomic E-state index is 13.7. The van der Waals surface area contributed by atoms with Crippen LogP contribution in [0.4, 0.5) is 14.9 Å². The Kier molecular flexibility index (Phi) is 8.30. The lowest BCUT2D eigenvalue weighted by Gasteiger charge is -2.19. The first-order valence-corrected chi connectivity index (χ1v) is 9.29. The van der Waals surface area contributed by atoms with E-state index in [2.05, 4.69) is 17.9 Å². The number of nitrogens with one attached hydrogen (secondary N) is 1. The number of nitrogens with zero attached hydrogens (tertiary/aromatic N) is 1. The third-order valence-corrected chi connectivity index (χ3v) is 4.11. The summed E-state index contributed by atoms with van der Waals surface area (Å²) in [5.41, 5.74) is 1.21. The molecule has 7 nitrogen and oxygen atoms in total. The second-order valence-corrected chi connectivity index (χ2v) is 6.26. The van der Waals surface area contributed by atoms with Gasteiger partial charge in [0.25, 0.3) is 0 Å². The molecule has 1 atom stereocenters. The molecule has 152 valence electrons. The molecule has 0 saturated carbocycles. The molecule has 0 spiro atoms. The smallest absolute Gasteiger partial charge is 0.412 e. The van der Waals surface area contributed by atoms with Crippen LogP contribution in [0.5, 0.6) is 5.75 Å². The largest absolute Gasteiger partial charge is 0.505 e. The number of benzene rings is 2. The predicted molar refractivity (Wildman–Crippen MR) is 106 cm³/mol. The standard InChI is InChI=1S/C20H19FN2O5S/c21-16-10-14(5-8-17(16)24)18(2-1-9-27-19(25)12-29)28-20(26)23-15-6-3-13(11-22)4-7-15/h3-8,10,18,24,29H,1-2,9,12H2,(H,23,26)/t18-/m1/s1. The predicted octanol–water partition coefficient (Wildman–Crippen LogP) is 3.95. The number of anilines is 1. The van der Waals surface area contributed by atoms with Crippen molar-refractivity contribution in [2.45, 2.75) is 18.9 Å². The maximum Gasteiger partial charge on any atom is 0.412 e. The van der Waals surface area contributed by atoms with E-state index in [0.29, 0.717) is 23.2 Å². The molecule has 9 heteroatoms. The third-order valence-electron chi connectivity index (χ3n) is 3.86. The molecule has 0 fully saturated rings. The first kappa shape index (κ1) is 22.0. The average Bonchev–Trinajstić information content (AvgIpc) is 2.72. The van der Waals surface area contributed by atoms with Crippen molar-refractivity contribution in [2.75, 3.05) is 17.7 Å². The first-order chi connectivity index (χ1) is 13.9. The van der Waals surface area contributed by atoms with Gasteiger partial charge in [-0.05, 0) is 54.8 Å². The number of ether oxygens (including phenoxy) is 2. The van der Waals surface area contributed by atoms with Gasteiger partial charge in [-0.15, -0.1) is 0 Å². The van der Waals surface area contributed by atoms with Gasteiger partial charge in [-0.3, -0.25) is 10.1 Å². The first-order valence-electron chi connectivity index (χ1n) is 8.65. The van der Waals surface area contributed by atoms with Crippen molar-refractivity contribution < 1.29 is 28.6 Å². The zero-order valence-corrected chi connectivity index (χ0v) is 16.2. The molecule has 0 heterocycles. The highest BCUT2D eigenvalue weighted by Crippen LogP contribution is 2.27. The monoisotopic (exact) mass is 418 g/mol. The molecule has 2 aromatic rings. The van der Waals surface area contributed by atoms with Crippen LogP contribution in [0.3, 0.4) is 0 Å². The van der Waals surface area contributed by atoms with E-state index in [1.165, 1.54) is 24.3 Å². The molecule has 0 aliphatic carbocycles. The molecule has 0 bridgehead atoms. The fourth-order valence-corrected chi connectivity index (χ4v) is 2.51. The van der Waals surface area contributed by atoms with Crippen molar-refractivity contribution in [3.05, 3.63) is 59.4 Å². The van der Waals surface area contributed by atoms with Crippen molar-refractivity contribution in [3.63, 3.8) is 0 Å². The molecule has 2 N–H and O–H groups in total. The lowest BCUT2D eigenvalue weighted by Crippen LogP contribution is -2.18. The van der Waals surface area contributed by atoms with Crippen molar-refractivity contribution in [2.24, 2.45) is 0 Å². The van der Waals surface area contributed by atoms with Crippen LogP contribution in [0.2, 0.25) is 0 Å². The van der Waals surface area contributed by atoms with E-state index >= 15 is 0 Å². The van der Waals surface area contributed by atoms with E-state index in [0.717, 1.165) is 6.07 Å². The van der Waals surface area contributed by atoms with E-state index in [1.807, 2.05) is 6.07 Å². The van der Waals surface area contributed by atoms with Gasteiger partial charge >= 0.3 is 12.1 Å². The Bertz CT molecular complexity index is 899. The zero-order valence-electron chi connectivity index (χ0n) is 15.3. The second kappa shape index (κ2) is 10.9. The number of nitriles is 1. The number of halogens is 1. The quantitative estimate of drug-likeness (QED) is 0.340. The van der Waals surface area contributed by atoms with Crippen LogP contribution in [-0.4, -0.2) is 29.5 Å². The van der Waals surface area contributed by atoms with Gasteiger partial charge in [-0.1, -0.05) is 6.07 Å². The lowest BCUT2D eigenvalue weighted by molar-refractivity contribution is -0.140. The summed E-state index contributed by atoms with van der Waals surface area (Å²) in [5.74, 6) is -1.88. The van der Waals surface area contributed by atoms with Crippen molar-refractivity contribution >= 4 is 30.4 Å². The van der Waals surface area contributed by atoms with Gasteiger partial charge in [-0.2, -0.15) is 17.9 Å². The molecular weight excluding hydrogens is 399 g/mol. The Morgan fingerprint density at radius 1 is 1.24 bits per heavy atom. The van der Waals surface area contributed by atoms with Crippen molar-refractivity contribution in [3.8, 4) is 11.8 Å². The number of aromatic hydroxyl groups is 1. The van der Waals surface area contributed by atoms with Gasteiger partial charge in [0.15, 0.2) is 11.6 Å². The molecule has 2 rings (SSSR count). The summed E-state index contributed by atoms with van der Waals surface area (Å²) >= 11 is 3.81. The van der Waals surface area contributed by atoms with Crippen LogP contribution < -0.4 is 5.32 Å². The Labute approximate surface area is 172 Å². The number of esters is 1. The van der Waals surface area contributed by atoms with Gasteiger partial charge in [0, 0.05) is 5.69 Å². The third kappa shape index (κ3) is 7.01. The molecule has 1 amide bonds. The van der Waals surface area contributed by atoms with E-state index in [-0.39, 0.29) is 18.8 Å². The normalized spacial score (nSPS) is 11.2. The Balaban J connectivity index is 2.04. The molecule has 0 radical (unpaired) electrons. The fourth-order valence-electron chi connectivity index (χ4n) is 2.42. The second-order valence-electron chi connectivity index (χ2n) is 5.94. The number of hydrogen-bond donors (Lipinski definition) is 3. The molecule has 0 saturated heterocycles. The maximum atomic E-state index is 13.7. The minimum Gasteiger partial charge on any atom is -0.505 e. The number of hydrogen-bond acceptors (Lipinski definition) is 7. The average molecular weight is 418 g/mol. The summed E-state index contributed by atoms with van der Waals surface area (Å²) < 4.78 is 24.1. The van der Waals surface area contributed by atoms with E-state index in [9.17, 15) is 19.1 Å². The Hall–Kier alpha value is -3.25. The molecular formula is C20H19FN2O5S. The van der Waals surface area contributed by atoms with Crippen LogP contribution >= 0.6 is 12.6 Å². The number of rotatable bonds is 8. The van der Waals surface area contributed by atoms with Gasteiger partial charge in [0.1, 0.15) is 6.10 Å². The molecule has 0 aliphatic heterocycles. The number of carbonyl (C=O) groups excluding carboxylic acids is 2. The number of phenols is 1. The number of carbonyl (C=O) groups is 2. The van der Waals surface area contributed by atoms with Crippen LogP contribution in [0, 0.1) is 17.1 Å². The minimum atomic E-state index is -0.842. The molecule has 0 unspecified atom stereocenters. The lowest BCUT2D eigenvalue weighted by atomic mass is 10.0. The van der Waals surface area contributed by atoms with Gasteiger partial charge < -0.3 is 14.6 Å². The van der Waals surface area contributed by atoms with Crippen LogP contribution in [0.15, 0.2) is 42.5 Å². The Morgan fingerprint density at radius 2 is 1.97 bits per heavy atom. The molecule has 0 aromatic heterocycles. The molecule has 29 heavy (non-hydrogen) atoms. The fraction of sp³-hybridized carbons (Fsp3) is 0.250. The minimum absolute atomic E-state index is 0.0455. The van der Waals surface area contributed by atoms with E-state index < -0.39 is 29.7 Å². The van der Waals surface area contributed by atoms with Gasteiger partial charge in [0.2, 0.25) is 0 Å². The summed E-state index contributed by atoms with van der Waals surface area (Å²) in [4.78, 5) is 23.4. The topological polar surface area (TPSA) is 109 Å². The zero-order chi connectivity index (χ0) is 21.2. The van der Waals surface area contributed by atoms with Crippen molar-refractivity contribution in [1.29, 1.82) is 5.26 Å². The summed E-state index contributed by atoms with van der Waals surface area (Å²) in [6.07, 6.45) is -1.000. The van der Waals surface area contributed by atoms with Crippen LogP contribution in [0.1, 0.15) is 30.1 Å². The number of amides is 1. The summed E-state index contributed by atoms with van der Waals surface area (Å²) in [5, 5.41) is 20.7. The van der Waals surface area contributed by atoms with Crippen LogP contribution in [0.25, 0.3) is 0 Å².